The van der Waals surface area contributed by atoms with E-state index in [0.717, 1.165) is 6.54 Å². The first kappa shape index (κ1) is 9.66. The highest BCUT2D eigenvalue weighted by Crippen LogP contribution is 2.43. The molecule has 0 amide bonds. The molecule has 1 aliphatic carbocycles. The van der Waals surface area contributed by atoms with Crippen LogP contribution in [0.4, 0.5) is 0 Å². The zero-order valence-electron chi connectivity index (χ0n) is 8.96. The van der Waals surface area contributed by atoms with Crippen molar-refractivity contribution in [1.82, 2.24) is 4.98 Å². The van der Waals surface area contributed by atoms with Gasteiger partial charge in [0.2, 0.25) is 0 Å². The van der Waals surface area contributed by atoms with Gasteiger partial charge in [-0.25, -0.2) is 0 Å². The molecular formula is C12H18N2. The van der Waals surface area contributed by atoms with Gasteiger partial charge in [-0.05, 0) is 42.0 Å². The smallest absolute Gasteiger partial charge is 0.0306 e. The van der Waals surface area contributed by atoms with Crippen LogP contribution in [-0.2, 0) is 6.42 Å². The summed E-state index contributed by atoms with van der Waals surface area (Å²) in [7, 11) is 0. The van der Waals surface area contributed by atoms with Crippen LogP contribution in [0, 0.1) is 5.41 Å². The topological polar surface area (TPSA) is 38.9 Å². The molecule has 14 heavy (non-hydrogen) atoms. The van der Waals surface area contributed by atoms with Crippen LogP contribution in [0.2, 0.25) is 0 Å². The van der Waals surface area contributed by atoms with Crippen LogP contribution in [0.3, 0.4) is 0 Å². The number of fused-ring (bicyclic) bond motifs is 1. The molecule has 1 aromatic heterocycles. The quantitative estimate of drug-likeness (QED) is 0.736. The van der Waals surface area contributed by atoms with E-state index in [1.807, 2.05) is 12.4 Å². The van der Waals surface area contributed by atoms with Crippen molar-refractivity contribution in [2.24, 2.45) is 11.1 Å². The van der Waals surface area contributed by atoms with Crippen molar-refractivity contribution in [3.05, 3.63) is 29.6 Å². The lowest BCUT2D eigenvalue weighted by Gasteiger charge is -2.39. The van der Waals surface area contributed by atoms with E-state index in [9.17, 15) is 0 Å². The van der Waals surface area contributed by atoms with Crippen LogP contribution in [0.5, 0.6) is 0 Å². The maximum absolute atomic E-state index is 5.87. The highest BCUT2D eigenvalue weighted by Gasteiger charge is 2.34. The first-order valence-corrected chi connectivity index (χ1v) is 5.28. The molecular weight excluding hydrogens is 172 g/mol. The van der Waals surface area contributed by atoms with Crippen LogP contribution < -0.4 is 5.73 Å². The Balaban J connectivity index is 2.45. The molecule has 1 unspecified atom stereocenters. The van der Waals surface area contributed by atoms with Gasteiger partial charge in [-0.2, -0.15) is 0 Å². The lowest BCUT2D eigenvalue weighted by atomic mass is 9.67. The number of aromatic nitrogens is 1. The molecule has 0 fully saturated rings. The molecule has 1 heterocycles. The van der Waals surface area contributed by atoms with Crippen molar-refractivity contribution in [2.45, 2.75) is 32.6 Å². The van der Waals surface area contributed by atoms with Crippen LogP contribution in [0.1, 0.15) is 37.3 Å². The average molecular weight is 190 g/mol. The second-order valence-electron chi connectivity index (χ2n) is 4.85. The van der Waals surface area contributed by atoms with E-state index >= 15 is 0 Å². The molecule has 0 aliphatic heterocycles. The summed E-state index contributed by atoms with van der Waals surface area (Å²) in [6.45, 7) is 5.34. The Morgan fingerprint density at radius 2 is 2.36 bits per heavy atom. The molecule has 76 valence electrons. The van der Waals surface area contributed by atoms with Gasteiger partial charge in [0.15, 0.2) is 0 Å². The van der Waals surface area contributed by atoms with E-state index < -0.39 is 0 Å². The van der Waals surface area contributed by atoms with Gasteiger partial charge in [-0.15, -0.1) is 0 Å². The molecule has 2 heteroatoms. The minimum atomic E-state index is 0.324. The summed E-state index contributed by atoms with van der Waals surface area (Å²) in [5.74, 6) is 0.472. The van der Waals surface area contributed by atoms with Gasteiger partial charge in [0, 0.05) is 18.3 Å². The SMILES string of the molecule is CC1(C)CCc2ccncc2C1CN. The van der Waals surface area contributed by atoms with Gasteiger partial charge in [0.25, 0.3) is 0 Å². The third kappa shape index (κ3) is 1.44. The third-order valence-corrected chi connectivity index (χ3v) is 3.54. The third-order valence-electron chi connectivity index (χ3n) is 3.54. The van der Waals surface area contributed by atoms with Gasteiger partial charge in [-0.3, -0.25) is 4.98 Å². The molecule has 2 rings (SSSR count). The summed E-state index contributed by atoms with van der Waals surface area (Å²) in [5.41, 5.74) is 9.00. The number of hydrogen-bond donors (Lipinski definition) is 1. The Morgan fingerprint density at radius 1 is 1.57 bits per heavy atom. The Hall–Kier alpha value is -0.890. The minimum Gasteiger partial charge on any atom is -0.330 e. The summed E-state index contributed by atoms with van der Waals surface area (Å²) >= 11 is 0. The monoisotopic (exact) mass is 190 g/mol. The molecule has 0 spiro atoms. The summed E-state index contributed by atoms with van der Waals surface area (Å²) in [6, 6.07) is 2.13. The fourth-order valence-electron chi connectivity index (χ4n) is 2.47. The molecule has 0 saturated heterocycles. The van der Waals surface area contributed by atoms with Gasteiger partial charge in [0.05, 0.1) is 0 Å². The number of hydrogen-bond acceptors (Lipinski definition) is 2. The number of nitrogens with zero attached hydrogens (tertiary/aromatic N) is 1. The summed E-state index contributed by atoms with van der Waals surface area (Å²) in [6.07, 6.45) is 6.27. The van der Waals surface area contributed by atoms with Crippen LogP contribution in [0.25, 0.3) is 0 Å². The predicted octanol–water partition coefficient (Wildman–Crippen LogP) is 2.10. The van der Waals surface area contributed by atoms with Crippen molar-refractivity contribution in [3.8, 4) is 0 Å². The maximum atomic E-state index is 5.87. The molecule has 1 atom stereocenters. The first-order chi connectivity index (χ1) is 6.65. The highest BCUT2D eigenvalue weighted by atomic mass is 14.6. The van der Waals surface area contributed by atoms with Crippen LogP contribution in [0.15, 0.2) is 18.5 Å². The van der Waals surface area contributed by atoms with E-state index in [2.05, 4.69) is 24.9 Å². The molecule has 0 bridgehead atoms. The Labute approximate surface area is 85.5 Å². The largest absolute Gasteiger partial charge is 0.330 e. The van der Waals surface area contributed by atoms with Crippen molar-refractivity contribution in [1.29, 1.82) is 0 Å². The minimum absolute atomic E-state index is 0.324. The van der Waals surface area contributed by atoms with E-state index in [1.165, 1.54) is 24.0 Å². The summed E-state index contributed by atoms with van der Waals surface area (Å²) in [5, 5.41) is 0. The molecule has 0 saturated carbocycles. The second-order valence-corrected chi connectivity index (χ2v) is 4.85. The summed E-state index contributed by atoms with van der Waals surface area (Å²) in [4.78, 5) is 4.21. The van der Waals surface area contributed by atoms with E-state index in [4.69, 9.17) is 5.73 Å². The Bertz CT molecular complexity index is 331. The van der Waals surface area contributed by atoms with Gasteiger partial charge < -0.3 is 5.73 Å². The number of nitrogens with two attached hydrogens (primary N) is 1. The highest BCUT2D eigenvalue weighted by molar-refractivity contribution is 5.32. The normalized spacial score (nSPS) is 24.4. The van der Waals surface area contributed by atoms with E-state index in [1.54, 1.807) is 0 Å². The van der Waals surface area contributed by atoms with E-state index in [0.29, 0.717) is 11.3 Å². The average Bonchev–Trinajstić information content (AvgIpc) is 2.17. The lowest BCUT2D eigenvalue weighted by molar-refractivity contribution is 0.248. The van der Waals surface area contributed by atoms with Crippen molar-refractivity contribution < 1.29 is 0 Å². The number of rotatable bonds is 1. The van der Waals surface area contributed by atoms with Gasteiger partial charge in [-0.1, -0.05) is 13.8 Å². The Morgan fingerprint density at radius 3 is 3.07 bits per heavy atom. The van der Waals surface area contributed by atoms with Gasteiger partial charge >= 0.3 is 0 Å². The van der Waals surface area contributed by atoms with Crippen molar-refractivity contribution in [2.75, 3.05) is 6.54 Å². The maximum Gasteiger partial charge on any atom is 0.0306 e. The molecule has 0 radical (unpaired) electrons. The number of aryl methyl sites for hydroxylation is 1. The van der Waals surface area contributed by atoms with E-state index in [-0.39, 0.29) is 0 Å². The zero-order chi connectivity index (χ0) is 10.2. The summed E-state index contributed by atoms with van der Waals surface area (Å²) < 4.78 is 0. The van der Waals surface area contributed by atoms with Crippen molar-refractivity contribution in [3.63, 3.8) is 0 Å². The fourth-order valence-corrected chi connectivity index (χ4v) is 2.47. The molecule has 0 aromatic carbocycles. The molecule has 2 nitrogen and oxygen atoms in total. The van der Waals surface area contributed by atoms with Gasteiger partial charge in [0.1, 0.15) is 0 Å². The predicted molar refractivity (Wildman–Crippen MR) is 58.1 cm³/mol. The van der Waals surface area contributed by atoms with Crippen LogP contribution in [-0.4, -0.2) is 11.5 Å². The van der Waals surface area contributed by atoms with Crippen molar-refractivity contribution >= 4 is 0 Å². The standard InChI is InChI=1S/C12H18N2/c1-12(2)5-3-9-4-6-14-8-10(9)11(12)7-13/h4,6,8,11H,3,5,7,13H2,1-2H3. The zero-order valence-corrected chi connectivity index (χ0v) is 8.96. The first-order valence-electron chi connectivity index (χ1n) is 5.28. The second kappa shape index (κ2) is 3.35. The lowest BCUT2D eigenvalue weighted by Crippen LogP contribution is -2.33. The molecule has 2 N–H and O–H groups in total. The van der Waals surface area contributed by atoms with Crippen LogP contribution >= 0.6 is 0 Å². The fraction of sp³-hybridized carbons (Fsp3) is 0.583. The Kier molecular flexibility index (Phi) is 2.31. The number of pyridine rings is 1. The molecule has 1 aromatic rings. The molecule has 1 aliphatic rings.